The fraction of sp³-hybridized carbons (Fsp3) is 0.333. The van der Waals surface area contributed by atoms with Gasteiger partial charge in [-0.25, -0.2) is 4.39 Å². The molecule has 1 unspecified atom stereocenters. The number of nitrogens with zero attached hydrogens (tertiary/aromatic N) is 2. The molecule has 1 N–H and O–H groups in total. The van der Waals surface area contributed by atoms with E-state index in [1.54, 1.807) is 4.90 Å². The van der Waals surface area contributed by atoms with Crippen LogP contribution in [0.4, 0.5) is 4.39 Å². The van der Waals surface area contributed by atoms with Gasteiger partial charge >= 0.3 is 0 Å². The summed E-state index contributed by atoms with van der Waals surface area (Å²) in [5, 5.41) is 14.9. The highest BCUT2D eigenvalue weighted by molar-refractivity contribution is 5.88. The van der Waals surface area contributed by atoms with Crippen LogP contribution in [-0.2, 0) is 10.2 Å². The molecule has 1 amide bonds. The molecule has 5 heteroatoms. The maximum absolute atomic E-state index is 13.5. The van der Waals surface area contributed by atoms with Crippen LogP contribution < -0.4 is 5.32 Å². The number of hydrogen-bond acceptors (Lipinski definition) is 3. The summed E-state index contributed by atoms with van der Waals surface area (Å²) in [5.41, 5.74) is 2.27. The molecule has 0 radical (unpaired) electrons. The second kappa shape index (κ2) is 9.10. The molecule has 0 bridgehead atoms. The number of hydrogen-bond donors (Lipinski definition) is 1. The Morgan fingerprint density at radius 1 is 1.16 bits per heavy atom. The molecule has 1 aliphatic heterocycles. The summed E-state index contributed by atoms with van der Waals surface area (Å²) in [5.74, 6) is -0.214. The van der Waals surface area contributed by atoms with E-state index in [-0.39, 0.29) is 23.2 Å². The van der Waals surface area contributed by atoms with E-state index in [4.69, 9.17) is 0 Å². The molecule has 1 saturated heterocycles. The first-order chi connectivity index (χ1) is 15.4. The van der Waals surface area contributed by atoms with E-state index >= 15 is 0 Å². The molecule has 0 aromatic heterocycles. The van der Waals surface area contributed by atoms with E-state index in [0.29, 0.717) is 12.0 Å². The lowest BCUT2D eigenvalue weighted by Crippen LogP contribution is -2.44. The van der Waals surface area contributed by atoms with Crippen molar-refractivity contribution in [3.8, 4) is 6.07 Å². The Bertz CT molecular complexity index is 1160. The van der Waals surface area contributed by atoms with Gasteiger partial charge in [-0.1, -0.05) is 36.4 Å². The van der Waals surface area contributed by atoms with Gasteiger partial charge < -0.3 is 10.2 Å². The third kappa shape index (κ3) is 4.24. The van der Waals surface area contributed by atoms with Crippen LogP contribution in [0.3, 0.4) is 0 Å². The topological polar surface area (TPSA) is 56.1 Å². The maximum atomic E-state index is 13.5. The molecule has 3 aromatic carbocycles. The van der Waals surface area contributed by atoms with E-state index in [2.05, 4.69) is 11.4 Å². The fourth-order valence-corrected chi connectivity index (χ4v) is 4.87. The maximum Gasteiger partial charge on any atom is 0.223 e. The second-order valence-electron chi connectivity index (χ2n) is 8.79. The lowest BCUT2D eigenvalue weighted by molar-refractivity contribution is -0.133. The Labute approximate surface area is 188 Å². The zero-order valence-electron chi connectivity index (χ0n) is 18.6. The number of carbonyl (C=O) groups is 1. The number of halogens is 1. The van der Waals surface area contributed by atoms with Crippen molar-refractivity contribution in [2.24, 2.45) is 0 Å². The van der Waals surface area contributed by atoms with Crippen molar-refractivity contribution in [2.75, 3.05) is 20.1 Å². The second-order valence-corrected chi connectivity index (χ2v) is 8.79. The minimum Gasteiger partial charge on any atom is -0.339 e. The molecule has 32 heavy (non-hydrogen) atoms. The average Bonchev–Trinajstić information content (AvgIpc) is 2.83. The normalized spacial score (nSPS) is 16.3. The van der Waals surface area contributed by atoms with E-state index in [1.807, 2.05) is 62.5 Å². The summed E-state index contributed by atoms with van der Waals surface area (Å²) in [6.07, 6.45) is 2.04. The Hall–Kier alpha value is -3.23. The van der Waals surface area contributed by atoms with Crippen molar-refractivity contribution in [1.29, 1.82) is 5.26 Å². The molecular weight excluding hydrogens is 401 g/mol. The number of carbonyl (C=O) groups excluding carboxylic acids is 1. The molecule has 164 valence electrons. The Kier molecular flexibility index (Phi) is 6.25. The molecule has 4 nitrogen and oxygen atoms in total. The summed E-state index contributed by atoms with van der Waals surface area (Å²) in [4.78, 5) is 15.3. The van der Waals surface area contributed by atoms with Gasteiger partial charge in [-0.2, -0.15) is 5.26 Å². The minimum atomic E-state index is -0.305. The number of piperidine rings is 1. The molecule has 1 fully saturated rings. The standard InChI is InChI=1S/C27H28FN3O/c1-19(25-16-20(18-29)15-21-5-3-4-6-24(21)25)31(2)26(32)17-27(11-13-30-14-12-27)22-7-9-23(28)10-8-22/h3-10,15-16,19,30H,11-14,17H2,1-2H3. The van der Waals surface area contributed by atoms with E-state index in [9.17, 15) is 14.4 Å². The third-order valence-corrected chi connectivity index (χ3v) is 6.95. The van der Waals surface area contributed by atoms with Crippen molar-refractivity contribution < 1.29 is 9.18 Å². The fourth-order valence-electron chi connectivity index (χ4n) is 4.87. The Morgan fingerprint density at radius 2 is 1.84 bits per heavy atom. The molecule has 0 spiro atoms. The quantitative estimate of drug-likeness (QED) is 0.615. The first-order valence-corrected chi connectivity index (χ1v) is 11.1. The van der Waals surface area contributed by atoms with Crippen LogP contribution in [0, 0.1) is 17.1 Å². The third-order valence-electron chi connectivity index (χ3n) is 6.95. The zero-order chi connectivity index (χ0) is 22.7. The lowest BCUT2D eigenvalue weighted by atomic mass is 9.70. The smallest absolute Gasteiger partial charge is 0.223 e. The van der Waals surface area contributed by atoms with Crippen molar-refractivity contribution in [2.45, 2.75) is 37.6 Å². The van der Waals surface area contributed by atoms with Crippen molar-refractivity contribution in [3.05, 3.63) is 83.2 Å². The summed E-state index contributed by atoms with van der Waals surface area (Å²) in [7, 11) is 1.83. The molecule has 0 aliphatic carbocycles. The predicted octanol–water partition coefficient (Wildman–Crippen LogP) is 5.08. The van der Waals surface area contributed by atoms with Gasteiger partial charge in [0, 0.05) is 18.9 Å². The van der Waals surface area contributed by atoms with Crippen LogP contribution in [0.15, 0.2) is 60.7 Å². The van der Waals surface area contributed by atoms with Gasteiger partial charge in [0.25, 0.3) is 0 Å². The summed E-state index contributed by atoms with van der Waals surface area (Å²) >= 11 is 0. The first kappa shape index (κ1) is 22.0. The number of nitrogens with one attached hydrogen (secondary N) is 1. The van der Waals surface area contributed by atoms with Gasteiger partial charge in [0.2, 0.25) is 5.91 Å². The van der Waals surface area contributed by atoms with E-state index in [0.717, 1.165) is 47.8 Å². The van der Waals surface area contributed by atoms with Crippen LogP contribution in [0.25, 0.3) is 10.8 Å². The number of fused-ring (bicyclic) bond motifs is 1. The van der Waals surface area contributed by atoms with Crippen LogP contribution in [0.1, 0.15) is 48.9 Å². The minimum absolute atomic E-state index is 0.0511. The van der Waals surface area contributed by atoms with Gasteiger partial charge in [0.15, 0.2) is 0 Å². The highest BCUT2D eigenvalue weighted by Crippen LogP contribution is 2.38. The monoisotopic (exact) mass is 429 g/mol. The highest BCUT2D eigenvalue weighted by Gasteiger charge is 2.37. The van der Waals surface area contributed by atoms with Gasteiger partial charge in [-0.05, 0) is 79.0 Å². The summed E-state index contributed by atoms with van der Waals surface area (Å²) in [6.45, 7) is 3.67. The van der Waals surface area contributed by atoms with Crippen molar-refractivity contribution >= 4 is 16.7 Å². The molecule has 4 rings (SSSR count). The Balaban J connectivity index is 1.64. The zero-order valence-corrected chi connectivity index (χ0v) is 18.6. The average molecular weight is 430 g/mol. The highest BCUT2D eigenvalue weighted by atomic mass is 19.1. The van der Waals surface area contributed by atoms with Crippen LogP contribution >= 0.6 is 0 Å². The number of benzene rings is 3. The van der Waals surface area contributed by atoms with Crippen LogP contribution in [0.2, 0.25) is 0 Å². The Morgan fingerprint density at radius 3 is 2.53 bits per heavy atom. The number of rotatable bonds is 5. The van der Waals surface area contributed by atoms with Gasteiger partial charge in [0.1, 0.15) is 5.82 Å². The molecule has 3 aromatic rings. The van der Waals surface area contributed by atoms with E-state index in [1.165, 1.54) is 12.1 Å². The molecule has 1 heterocycles. The summed E-state index contributed by atoms with van der Waals surface area (Å²) < 4.78 is 13.5. The molecule has 1 aliphatic rings. The summed E-state index contributed by atoms with van der Waals surface area (Å²) in [6, 6.07) is 20.4. The van der Waals surface area contributed by atoms with Crippen molar-refractivity contribution in [1.82, 2.24) is 10.2 Å². The van der Waals surface area contributed by atoms with E-state index < -0.39 is 0 Å². The van der Waals surface area contributed by atoms with Crippen LogP contribution in [-0.4, -0.2) is 30.9 Å². The lowest BCUT2D eigenvalue weighted by Gasteiger charge is -2.39. The number of amides is 1. The molecular formula is C27H28FN3O. The van der Waals surface area contributed by atoms with Crippen LogP contribution in [0.5, 0.6) is 0 Å². The SMILES string of the molecule is CC(c1cc(C#N)cc2ccccc12)N(C)C(=O)CC1(c2ccc(F)cc2)CCNCC1. The molecule has 1 atom stereocenters. The number of nitriles is 1. The predicted molar refractivity (Wildman–Crippen MR) is 125 cm³/mol. The van der Waals surface area contributed by atoms with Gasteiger partial charge in [0.05, 0.1) is 17.7 Å². The van der Waals surface area contributed by atoms with Crippen molar-refractivity contribution in [3.63, 3.8) is 0 Å². The van der Waals surface area contributed by atoms with Gasteiger partial charge in [-0.3, -0.25) is 4.79 Å². The largest absolute Gasteiger partial charge is 0.339 e. The first-order valence-electron chi connectivity index (χ1n) is 11.1. The molecule has 0 saturated carbocycles. The van der Waals surface area contributed by atoms with Gasteiger partial charge in [-0.15, -0.1) is 0 Å².